The number of rotatable bonds is 6. The van der Waals surface area contributed by atoms with Crippen molar-refractivity contribution in [2.75, 3.05) is 26.4 Å². The molecule has 2 aromatic carbocycles. The first kappa shape index (κ1) is 18.3. The summed E-state index contributed by atoms with van der Waals surface area (Å²) in [5, 5.41) is 10.3. The van der Waals surface area contributed by atoms with Crippen LogP contribution in [0, 0.1) is 5.82 Å². The summed E-state index contributed by atoms with van der Waals surface area (Å²) >= 11 is 12.0. The lowest BCUT2D eigenvalue weighted by Gasteiger charge is -2.24. The van der Waals surface area contributed by atoms with E-state index in [-0.39, 0.29) is 12.4 Å². The van der Waals surface area contributed by atoms with Crippen molar-refractivity contribution < 1.29 is 19.0 Å². The SMILES string of the molecule is OCCN(Cc1ccc(Cl)c(Cl)c1)Cc1ccc2c(c1F)OCCO2. The van der Waals surface area contributed by atoms with Gasteiger partial charge in [0.15, 0.2) is 17.3 Å². The predicted molar refractivity (Wildman–Crippen MR) is 95.1 cm³/mol. The van der Waals surface area contributed by atoms with Crippen LogP contribution in [0.25, 0.3) is 0 Å². The minimum atomic E-state index is -0.422. The third kappa shape index (κ3) is 4.36. The average molecular weight is 386 g/mol. The molecule has 0 saturated carbocycles. The normalized spacial score (nSPS) is 13.3. The molecule has 134 valence electrons. The summed E-state index contributed by atoms with van der Waals surface area (Å²) in [6, 6.07) is 8.75. The molecule has 1 aliphatic heterocycles. The second-order valence-corrected chi connectivity index (χ2v) is 6.56. The Morgan fingerprint density at radius 2 is 1.84 bits per heavy atom. The van der Waals surface area contributed by atoms with Crippen LogP contribution >= 0.6 is 23.2 Å². The van der Waals surface area contributed by atoms with Crippen molar-refractivity contribution >= 4 is 23.2 Å². The van der Waals surface area contributed by atoms with Gasteiger partial charge in [0.2, 0.25) is 0 Å². The Morgan fingerprint density at radius 1 is 1.04 bits per heavy atom. The van der Waals surface area contributed by atoms with Crippen molar-refractivity contribution in [1.82, 2.24) is 4.90 Å². The fourth-order valence-corrected chi connectivity index (χ4v) is 3.06. The van der Waals surface area contributed by atoms with Crippen molar-refractivity contribution in [2.45, 2.75) is 13.1 Å². The summed E-state index contributed by atoms with van der Waals surface area (Å²) in [7, 11) is 0. The van der Waals surface area contributed by atoms with Gasteiger partial charge in [-0.25, -0.2) is 4.39 Å². The van der Waals surface area contributed by atoms with Crippen molar-refractivity contribution in [3.63, 3.8) is 0 Å². The number of halogens is 3. The van der Waals surface area contributed by atoms with Crippen LogP contribution in [0.4, 0.5) is 4.39 Å². The summed E-state index contributed by atoms with van der Waals surface area (Å²) in [6.07, 6.45) is 0. The number of ether oxygens (including phenoxy) is 2. The minimum absolute atomic E-state index is 0.0342. The molecule has 0 atom stereocenters. The van der Waals surface area contributed by atoms with E-state index in [1.54, 1.807) is 24.3 Å². The third-order valence-corrected chi connectivity index (χ3v) is 4.67. The van der Waals surface area contributed by atoms with Crippen LogP contribution < -0.4 is 9.47 Å². The topological polar surface area (TPSA) is 41.9 Å². The fraction of sp³-hybridized carbons (Fsp3) is 0.333. The summed E-state index contributed by atoms with van der Waals surface area (Å²) in [6.45, 7) is 1.94. The van der Waals surface area contributed by atoms with E-state index in [4.69, 9.17) is 32.7 Å². The van der Waals surface area contributed by atoms with E-state index in [1.807, 2.05) is 11.0 Å². The second kappa shape index (κ2) is 8.23. The molecular weight excluding hydrogens is 368 g/mol. The molecule has 25 heavy (non-hydrogen) atoms. The van der Waals surface area contributed by atoms with E-state index in [1.165, 1.54) is 0 Å². The minimum Gasteiger partial charge on any atom is -0.486 e. The maximum Gasteiger partial charge on any atom is 0.197 e. The Balaban J connectivity index is 1.78. The zero-order chi connectivity index (χ0) is 17.8. The number of hydrogen-bond donors (Lipinski definition) is 1. The zero-order valence-electron chi connectivity index (χ0n) is 13.5. The van der Waals surface area contributed by atoms with Crippen LogP contribution in [-0.2, 0) is 13.1 Å². The van der Waals surface area contributed by atoms with Gasteiger partial charge in [0.25, 0.3) is 0 Å². The van der Waals surface area contributed by atoms with Crippen molar-refractivity contribution in [1.29, 1.82) is 0 Å². The van der Waals surface area contributed by atoms with E-state index >= 15 is 0 Å². The third-order valence-electron chi connectivity index (χ3n) is 3.93. The molecule has 4 nitrogen and oxygen atoms in total. The first-order chi connectivity index (χ1) is 12.1. The second-order valence-electron chi connectivity index (χ2n) is 5.75. The van der Waals surface area contributed by atoms with Gasteiger partial charge >= 0.3 is 0 Å². The van der Waals surface area contributed by atoms with E-state index in [2.05, 4.69) is 0 Å². The van der Waals surface area contributed by atoms with E-state index in [0.29, 0.717) is 54.2 Å². The maximum absolute atomic E-state index is 14.7. The molecule has 0 aliphatic carbocycles. The Hall–Kier alpha value is -1.53. The number of fused-ring (bicyclic) bond motifs is 1. The molecule has 0 radical (unpaired) electrons. The van der Waals surface area contributed by atoms with Crippen LogP contribution in [0.15, 0.2) is 30.3 Å². The van der Waals surface area contributed by atoms with Gasteiger partial charge in [-0.2, -0.15) is 0 Å². The molecule has 0 bridgehead atoms. The number of aliphatic hydroxyl groups is 1. The summed E-state index contributed by atoms with van der Waals surface area (Å²) < 4.78 is 25.4. The predicted octanol–water partition coefficient (Wildman–Crippen LogP) is 3.90. The standard InChI is InChI=1S/C18H18Cl2FNO3/c19-14-3-1-12(9-15(14)20)10-22(5-6-23)11-13-2-4-16-18(17(13)21)25-8-7-24-16/h1-4,9,23H,5-8,10-11H2. The van der Waals surface area contributed by atoms with Crippen LogP contribution in [-0.4, -0.2) is 36.4 Å². The molecule has 1 N–H and O–H groups in total. The lowest BCUT2D eigenvalue weighted by Crippen LogP contribution is -2.27. The lowest BCUT2D eigenvalue weighted by atomic mass is 10.1. The van der Waals surface area contributed by atoms with Crippen LogP contribution in [0.1, 0.15) is 11.1 Å². The van der Waals surface area contributed by atoms with E-state index in [9.17, 15) is 9.50 Å². The van der Waals surface area contributed by atoms with Gasteiger partial charge in [-0.15, -0.1) is 0 Å². The largest absolute Gasteiger partial charge is 0.486 e. The fourth-order valence-electron chi connectivity index (χ4n) is 2.74. The van der Waals surface area contributed by atoms with Gasteiger partial charge in [-0.05, 0) is 23.8 Å². The van der Waals surface area contributed by atoms with Crippen LogP contribution in [0.2, 0.25) is 10.0 Å². The highest BCUT2D eigenvalue weighted by molar-refractivity contribution is 6.42. The van der Waals surface area contributed by atoms with Crippen LogP contribution in [0.3, 0.4) is 0 Å². The zero-order valence-corrected chi connectivity index (χ0v) is 15.0. The molecule has 0 spiro atoms. The quantitative estimate of drug-likeness (QED) is 0.818. The number of hydrogen-bond acceptors (Lipinski definition) is 4. The van der Waals surface area contributed by atoms with Crippen molar-refractivity contribution in [2.24, 2.45) is 0 Å². The highest BCUT2D eigenvalue weighted by atomic mass is 35.5. The Kier molecular flexibility index (Phi) is 6.02. The number of aliphatic hydroxyl groups excluding tert-OH is 1. The number of nitrogens with zero attached hydrogens (tertiary/aromatic N) is 1. The van der Waals surface area contributed by atoms with Crippen LogP contribution in [0.5, 0.6) is 11.5 Å². The van der Waals surface area contributed by atoms with E-state index < -0.39 is 5.82 Å². The monoisotopic (exact) mass is 385 g/mol. The molecule has 7 heteroatoms. The molecule has 0 amide bonds. The van der Waals surface area contributed by atoms with Gasteiger partial charge in [-0.1, -0.05) is 35.3 Å². The molecule has 3 rings (SSSR count). The first-order valence-corrected chi connectivity index (χ1v) is 8.68. The van der Waals surface area contributed by atoms with Gasteiger partial charge in [0, 0.05) is 25.2 Å². The van der Waals surface area contributed by atoms with Crippen molar-refractivity contribution in [3.05, 3.63) is 57.3 Å². The summed E-state index contributed by atoms with van der Waals surface area (Å²) in [5.41, 5.74) is 1.42. The summed E-state index contributed by atoms with van der Waals surface area (Å²) in [4.78, 5) is 1.92. The Morgan fingerprint density at radius 3 is 2.60 bits per heavy atom. The highest BCUT2D eigenvalue weighted by Crippen LogP contribution is 2.35. The molecule has 0 aromatic heterocycles. The molecular formula is C18H18Cl2FNO3. The molecule has 2 aromatic rings. The molecule has 0 fully saturated rings. The van der Waals surface area contributed by atoms with Gasteiger partial charge in [0.1, 0.15) is 13.2 Å². The molecule has 0 unspecified atom stereocenters. The van der Waals surface area contributed by atoms with Gasteiger partial charge < -0.3 is 14.6 Å². The average Bonchev–Trinajstić information content (AvgIpc) is 2.61. The molecule has 1 aliphatic rings. The van der Waals surface area contributed by atoms with E-state index in [0.717, 1.165) is 5.56 Å². The molecule has 0 saturated heterocycles. The Bertz CT molecular complexity index is 757. The summed E-state index contributed by atoms with van der Waals surface area (Å²) in [5.74, 6) is 0.155. The molecule has 1 heterocycles. The lowest BCUT2D eigenvalue weighted by molar-refractivity contribution is 0.160. The van der Waals surface area contributed by atoms with Crippen molar-refractivity contribution in [3.8, 4) is 11.5 Å². The smallest absolute Gasteiger partial charge is 0.197 e. The first-order valence-electron chi connectivity index (χ1n) is 7.92. The van der Waals surface area contributed by atoms with Gasteiger partial charge in [0.05, 0.1) is 16.7 Å². The maximum atomic E-state index is 14.7. The number of benzene rings is 2. The Labute approximate surface area is 155 Å². The highest BCUT2D eigenvalue weighted by Gasteiger charge is 2.21. The van der Waals surface area contributed by atoms with Gasteiger partial charge in [-0.3, -0.25) is 4.90 Å².